The predicted molar refractivity (Wildman–Crippen MR) is 132 cm³/mol. The van der Waals surface area contributed by atoms with E-state index in [4.69, 9.17) is 17.0 Å². The minimum absolute atomic E-state index is 0.0150. The van der Waals surface area contributed by atoms with Crippen LogP contribution in [0.2, 0.25) is 0 Å². The van der Waals surface area contributed by atoms with Crippen molar-refractivity contribution in [1.82, 2.24) is 14.9 Å². The van der Waals surface area contributed by atoms with Gasteiger partial charge in [0, 0.05) is 18.2 Å². The summed E-state index contributed by atoms with van der Waals surface area (Å²) in [5.41, 5.74) is 1.38. The molecule has 0 saturated heterocycles. The van der Waals surface area contributed by atoms with E-state index < -0.39 is 5.56 Å². The Hall–Kier alpha value is -3.98. The van der Waals surface area contributed by atoms with Crippen molar-refractivity contribution in [3.63, 3.8) is 0 Å². The minimum atomic E-state index is -0.536. The van der Waals surface area contributed by atoms with E-state index in [2.05, 4.69) is 15.3 Å². The molecule has 1 amide bonds. The molecule has 0 radical (unpaired) electrons. The van der Waals surface area contributed by atoms with Crippen LogP contribution in [0.1, 0.15) is 25.3 Å². The number of H-pyrrole nitrogens is 1. The fraction of sp³-hybridized carbons (Fsp3) is 0.200. The summed E-state index contributed by atoms with van der Waals surface area (Å²) in [6, 6.07) is 14.7. The highest BCUT2D eigenvalue weighted by Gasteiger charge is 2.19. The Bertz CT molecular complexity index is 1540. The number of rotatable bonds is 7. The second kappa shape index (κ2) is 9.88. The molecule has 34 heavy (non-hydrogen) atoms. The van der Waals surface area contributed by atoms with Gasteiger partial charge >= 0.3 is 0 Å². The molecular formula is C25H24N4O4S. The Kier molecular flexibility index (Phi) is 6.74. The topological polar surface area (TPSA) is 109 Å². The summed E-state index contributed by atoms with van der Waals surface area (Å²) in [5, 5.41) is 15.7. The normalized spacial score (nSPS) is 13.5. The van der Waals surface area contributed by atoms with Crippen LogP contribution in [0.15, 0.2) is 64.0 Å². The summed E-state index contributed by atoms with van der Waals surface area (Å²) in [4.78, 5) is 31.8. The Morgan fingerprint density at radius 2 is 1.97 bits per heavy atom. The molecule has 0 fully saturated rings. The van der Waals surface area contributed by atoms with Crippen LogP contribution < -0.4 is 26.2 Å². The summed E-state index contributed by atoms with van der Waals surface area (Å²) in [6.45, 7) is 2.22. The van der Waals surface area contributed by atoms with E-state index in [0.29, 0.717) is 36.5 Å². The van der Waals surface area contributed by atoms with Gasteiger partial charge in [0.05, 0.1) is 23.9 Å². The van der Waals surface area contributed by atoms with Gasteiger partial charge in [0.25, 0.3) is 5.56 Å². The molecule has 4 rings (SSSR count). The van der Waals surface area contributed by atoms with Gasteiger partial charge in [-0.2, -0.15) is 0 Å². The number of benzene rings is 2. The smallest absolute Gasteiger partial charge is 0.262 e. The third-order valence-electron chi connectivity index (χ3n) is 5.53. The molecule has 2 heterocycles. The summed E-state index contributed by atoms with van der Waals surface area (Å²) in [5.74, 6) is 0.120. The predicted octanol–water partition coefficient (Wildman–Crippen LogP) is 2.35. The first-order valence-corrected chi connectivity index (χ1v) is 11.2. The lowest BCUT2D eigenvalue weighted by molar-refractivity contribution is -0.120. The number of aromatic amines is 1. The molecule has 3 aromatic rings. The van der Waals surface area contributed by atoms with Crippen LogP contribution in [0.25, 0.3) is 17.3 Å². The molecule has 0 unspecified atom stereocenters. The Labute approximate surface area is 200 Å². The number of nitrogens with one attached hydrogen (secondary N) is 2. The third-order valence-corrected chi connectivity index (χ3v) is 5.81. The summed E-state index contributed by atoms with van der Waals surface area (Å²) in [7, 11) is 1.52. The van der Waals surface area contributed by atoms with Crippen molar-refractivity contribution in [2.24, 2.45) is 4.99 Å². The molecule has 3 N–H and O–H groups in total. The zero-order valence-electron chi connectivity index (χ0n) is 18.8. The van der Waals surface area contributed by atoms with Crippen molar-refractivity contribution in [2.45, 2.75) is 19.8 Å². The minimum Gasteiger partial charge on any atom is -0.495 e. The van der Waals surface area contributed by atoms with E-state index in [-0.39, 0.29) is 22.1 Å². The first-order valence-electron chi connectivity index (χ1n) is 10.8. The van der Waals surface area contributed by atoms with E-state index in [1.807, 2.05) is 24.3 Å². The maximum atomic E-state index is 12.8. The summed E-state index contributed by atoms with van der Waals surface area (Å²) in [6.07, 6.45) is 2.47. The number of hydrogen-bond donors (Lipinski definition) is 3. The number of methoxy groups -OCH3 is 1. The van der Waals surface area contributed by atoms with Crippen LogP contribution in [0.4, 0.5) is 0 Å². The maximum Gasteiger partial charge on any atom is 0.262 e. The van der Waals surface area contributed by atoms with E-state index in [9.17, 15) is 14.7 Å². The lowest BCUT2D eigenvalue weighted by atomic mass is 10.1. The van der Waals surface area contributed by atoms with Crippen molar-refractivity contribution >= 4 is 29.8 Å². The zero-order valence-corrected chi connectivity index (χ0v) is 19.6. The summed E-state index contributed by atoms with van der Waals surface area (Å²) >= 11 is 5.33. The van der Waals surface area contributed by atoms with E-state index in [0.717, 1.165) is 16.1 Å². The van der Waals surface area contributed by atoms with Gasteiger partial charge in [-0.1, -0.05) is 37.3 Å². The lowest BCUT2D eigenvalue weighted by Crippen LogP contribution is -2.26. The maximum absolute atomic E-state index is 12.8. The van der Waals surface area contributed by atoms with E-state index in [1.165, 1.54) is 11.7 Å². The van der Waals surface area contributed by atoms with Crippen LogP contribution in [0.5, 0.6) is 11.6 Å². The van der Waals surface area contributed by atoms with Gasteiger partial charge in [0.2, 0.25) is 11.8 Å². The Morgan fingerprint density at radius 1 is 1.24 bits per heavy atom. The van der Waals surface area contributed by atoms with Crippen molar-refractivity contribution in [3.05, 3.63) is 85.5 Å². The van der Waals surface area contributed by atoms with Gasteiger partial charge in [0.15, 0.2) is 4.77 Å². The molecule has 174 valence electrons. The molecule has 1 aliphatic rings. The van der Waals surface area contributed by atoms with Gasteiger partial charge in [-0.05, 0) is 48.5 Å². The molecule has 0 aliphatic carbocycles. The number of amides is 1. The largest absolute Gasteiger partial charge is 0.495 e. The zero-order chi connectivity index (χ0) is 24.2. The number of nitrogens with zero attached hydrogens (tertiary/aromatic N) is 2. The number of aromatic nitrogens is 2. The number of aromatic hydroxyl groups is 1. The van der Waals surface area contributed by atoms with Crippen molar-refractivity contribution in [3.8, 4) is 17.3 Å². The van der Waals surface area contributed by atoms with Gasteiger partial charge in [-0.25, -0.2) is 4.99 Å². The molecule has 8 nitrogen and oxygen atoms in total. The van der Waals surface area contributed by atoms with E-state index in [1.54, 1.807) is 37.3 Å². The second-order valence-corrected chi connectivity index (χ2v) is 7.98. The van der Waals surface area contributed by atoms with Crippen molar-refractivity contribution in [1.29, 1.82) is 0 Å². The Balaban J connectivity index is 1.85. The number of hydrogen-bond acceptors (Lipinski definition) is 6. The molecule has 0 bridgehead atoms. The average molecular weight is 477 g/mol. The highest BCUT2D eigenvalue weighted by atomic mass is 32.1. The van der Waals surface area contributed by atoms with Crippen LogP contribution >= 0.6 is 12.2 Å². The summed E-state index contributed by atoms with van der Waals surface area (Å²) < 4.78 is 6.79. The first-order chi connectivity index (χ1) is 16.4. The highest BCUT2D eigenvalue weighted by Crippen LogP contribution is 2.29. The molecule has 1 aliphatic heterocycles. The van der Waals surface area contributed by atoms with Gasteiger partial charge in [-0.15, -0.1) is 0 Å². The number of carbonyl (C=O) groups excluding carboxylic acids is 1. The van der Waals surface area contributed by atoms with Gasteiger partial charge in [0.1, 0.15) is 11.3 Å². The Morgan fingerprint density at radius 3 is 2.74 bits per heavy atom. The molecule has 0 saturated carbocycles. The quantitative estimate of drug-likeness (QED) is 0.454. The van der Waals surface area contributed by atoms with Crippen molar-refractivity contribution in [2.75, 3.05) is 13.7 Å². The van der Waals surface area contributed by atoms with Crippen LogP contribution in [0.3, 0.4) is 0 Å². The van der Waals surface area contributed by atoms with E-state index >= 15 is 0 Å². The number of allylic oxidation sites excluding steroid dienone is 1. The third kappa shape index (κ3) is 4.42. The monoisotopic (exact) mass is 476 g/mol. The number of carbonyl (C=O) groups is 1. The highest BCUT2D eigenvalue weighted by molar-refractivity contribution is 7.71. The lowest BCUT2D eigenvalue weighted by Gasteiger charge is -2.14. The van der Waals surface area contributed by atoms with Crippen LogP contribution in [0, 0.1) is 4.77 Å². The molecule has 2 aromatic carbocycles. The van der Waals surface area contributed by atoms with Gasteiger partial charge in [-0.3, -0.25) is 19.1 Å². The second-order valence-electron chi connectivity index (χ2n) is 7.59. The van der Waals surface area contributed by atoms with Crippen molar-refractivity contribution < 1.29 is 14.6 Å². The standard InChI is InChI=1S/C25H24N4O4S/c1-3-22(30)26-13-12-16-15-8-4-5-9-18(15)27-19(16)14-17-23(31)28-25(34)29(24(17)32)20-10-6-7-11-21(20)33-2/h4-11,14,32H,3,12-13H2,1-2H3,(H,26,30)(H,28,31,34)/b19-14-. The molecule has 0 spiro atoms. The first kappa shape index (κ1) is 23.2. The van der Waals surface area contributed by atoms with Crippen LogP contribution in [-0.2, 0) is 4.79 Å². The average Bonchev–Trinajstić information content (AvgIpc) is 3.19. The van der Waals surface area contributed by atoms with Crippen LogP contribution in [-0.4, -0.2) is 34.2 Å². The van der Waals surface area contributed by atoms with Gasteiger partial charge < -0.3 is 15.2 Å². The number of fused-ring (bicyclic) bond motifs is 1. The number of ether oxygens (including phenoxy) is 1. The molecule has 1 aromatic heterocycles. The fourth-order valence-electron chi connectivity index (χ4n) is 3.84. The SMILES string of the molecule is CCC(=O)NCCC1=c2ccccc2=N/C1=C\c1c(O)n(-c2ccccc2OC)c(=S)[nH]c1=O. The molecule has 9 heteroatoms. The molecule has 0 atom stereocenters. The number of para-hydroxylation sites is 3. The molecular weight excluding hydrogens is 452 g/mol. The fourth-order valence-corrected chi connectivity index (χ4v) is 4.12.